The molecule has 0 bridgehead atoms. The van der Waals surface area contributed by atoms with Gasteiger partial charge in [0.15, 0.2) is 5.58 Å². The van der Waals surface area contributed by atoms with Crippen molar-refractivity contribution in [2.75, 3.05) is 0 Å². The molecule has 19 heavy (non-hydrogen) atoms. The Morgan fingerprint density at radius 1 is 1.21 bits per heavy atom. The third-order valence-corrected chi connectivity index (χ3v) is 2.65. The Balaban J connectivity index is 2.14. The van der Waals surface area contributed by atoms with Crippen molar-refractivity contribution in [3.63, 3.8) is 0 Å². The van der Waals surface area contributed by atoms with Crippen LogP contribution in [-0.4, -0.2) is 9.91 Å². The average Bonchev–Trinajstić information content (AvgIpc) is 2.81. The van der Waals surface area contributed by atoms with Crippen molar-refractivity contribution in [2.45, 2.75) is 0 Å². The van der Waals surface area contributed by atoms with Crippen molar-refractivity contribution < 1.29 is 13.7 Å². The zero-order chi connectivity index (χ0) is 13.4. The average molecular weight is 258 g/mol. The van der Waals surface area contributed by atoms with Crippen LogP contribution in [0.4, 0.5) is 10.1 Å². The molecule has 94 valence electrons. The highest BCUT2D eigenvalue weighted by Crippen LogP contribution is 2.27. The van der Waals surface area contributed by atoms with Crippen molar-refractivity contribution in [3.05, 3.63) is 58.4 Å². The fraction of sp³-hybridized carbons (Fsp3) is 0. The summed E-state index contributed by atoms with van der Waals surface area (Å²) < 4.78 is 18.5. The lowest BCUT2D eigenvalue weighted by Crippen LogP contribution is -1.86. The van der Waals surface area contributed by atoms with E-state index in [1.165, 1.54) is 30.3 Å². The normalized spacial score (nSPS) is 10.8. The van der Waals surface area contributed by atoms with E-state index >= 15 is 0 Å². The summed E-state index contributed by atoms with van der Waals surface area (Å²) in [5.41, 5.74) is 1.20. The lowest BCUT2D eigenvalue weighted by atomic mass is 10.2. The molecule has 0 fully saturated rings. The van der Waals surface area contributed by atoms with Crippen molar-refractivity contribution in [1.82, 2.24) is 4.98 Å². The van der Waals surface area contributed by atoms with Gasteiger partial charge in [-0.15, -0.1) is 0 Å². The van der Waals surface area contributed by atoms with Gasteiger partial charge in [0.05, 0.1) is 11.0 Å². The largest absolute Gasteiger partial charge is 0.436 e. The standard InChI is InChI=1S/C13H7FN2O3/c14-9-3-1-2-8(6-9)13-15-11-5-4-10(16(17)18)7-12(11)19-13/h1-7H. The first-order chi connectivity index (χ1) is 9.13. The summed E-state index contributed by atoms with van der Waals surface area (Å²) in [7, 11) is 0. The van der Waals surface area contributed by atoms with E-state index in [-0.39, 0.29) is 11.6 Å². The third-order valence-electron chi connectivity index (χ3n) is 2.65. The number of nitro groups is 1. The molecular formula is C13H7FN2O3. The molecule has 0 saturated heterocycles. The monoisotopic (exact) mass is 258 g/mol. The van der Waals surface area contributed by atoms with Gasteiger partial charge < -0.3 is 4.42 Å². The molecule has 0 aliphatic carbocycles. The molecule has 0 amide bonds. The molecule has 0 atom stereocenters. The number of nitro benzene ring substituents is 1. The number of oxazole rings is 1. The van der Waals surface area contributed by atoms with E-state index in [9.17, 15) is 14.5 Å². The number of nitrogens with zero attached hydrogens (tertiary/aromatic N) is 2. The van der Waals surface area contributed by atoms with Crippen LogP contribution in [0.25, 0.3) is 22.6 Å². The molecule has 0 aliphatic heterocycles. The number of hydrogen-bond donors (Lipinski definition) is 0. The first kappa shape index (κ1) is 11.3. The lowest BCUT2D eigenvalue weighted by molar-refractivity contribution is -0.384. The maximum atomic E-state index is 13.1. The van der Waals surface area contributed by atoms with Gasteiger partial charge in [-0.3, -0.25) is 10.1 Å². The van der Waals surface area contributed by atoms with Crippen LogP contribution in [0, 0.1) is 15.9 Å². The number of halogens is 1. The Bertz CT molecular complexity index is 782. The SMILES string of the molecule is O=[N+]([O-])c1ccc2nc(-c3cccc(F)c3)oc2c1. The Morgan fingerprint density at radius 3 is 2.79 bits per heavy atom. The van der Waals surface area contributed by atoms with E-state index in [1.54, 1.807) is 12.1 Å². The van der Waals surface area contributed by atoms with Crippen molar-refractivity contribution in [1.29, 1.82) is 0 Å². The third kappa shape index (κ3) is 2.03. The van der Waals surface area contributed by atoms with Crippen molar-refractivity contribution in [3.8, 4) is 11.5 Å². The highest BCUT2D eigenvalue weighted by atomic mass is 19.1. The van der Waals surface area contributed by atoms with E-state index in [0.717, 1.165) is 0 Å². The molecule has 6 heteroatoms. The van der Waals surface area contributed by atoms with Gasteiger partial charge in [0.2, 0.25) is 5.89 Å². The van der Waals surface area contributed by atoms with Crippen LogP contribution in [0.15, 0.2) is 46.9 Å². The van der Waals surface area contributed by atoms with Crippen LogP contribution in [-0.2, 0) is 0 Å². The van der Waals surface area contributed by atoms with Gasteiger partial charge in [-0.05, 0) is 24.3 Å². The maximum Gasteiger partial charge on any atom is 0.273 e. The smallest absolute Gasteiger partial charge is 0.273 e. The van der Waals surface area contributed by atoms with Crippen LogP contribution in [0.5, 0.6) is 0 Å². The molecule has 0 unspecified atom stereocenters. The molecule has 0 N–H and O–H groups in total. The summed E-state index contributed by atoms with van der Waals surface area (Å²) in [6, 6.07) is 9.95. The predicted octanol–water partition coefficient (Wildman–Crippen LogP) is 3.54. The molecule has 2 aromatic carbocycles. The second-order valence-electron chi connectivity index (χ2n) is 3.94. The van der Waals surface area contributed by atoms with Gasteiger partial charge >= 0.3 is 0 Å². The van der Waals surface area contributed by atoms with Gasteiger partial charge in [0, 0.05) is 11.6 Å². The number of benzene rings is 2. The molecule has 1 heterocycles. The molecule has 1 aromatic heterocycles. The van der Waals surface area contributed by atoms with Crippen LogP contribution in [0.1, 0.15) is 0 Å². The molecular weight excluding hydrogens is 251 g/mol. The minimum atomic E-state index is -0.510. The summed E-state index contributed by atoms with van der Waals surface area (Å²) in [4.78, 5) is 14.3. The van der Waals surface area contributed by atoms with E-state index in [4.69, 9.17) is 4.42 Å². The number of non-ortho nitro benzene ring substituents is 1. The molecule has 3 aromatic rings. The minimum Gasteiger partial charge on any atom is -0.436 e. The number of aromatic nitrogens is 1. The van der Waals surface area contributed by atoms with Crippen LogP contribution in [0.2, 0.25) is 0 Å². The Labute approximate surface area is 106 Å². The Kier molecular flexibility index (Phi) is 2.49. The van der Waals surface area contributed by atoms with E-state index in [0.29, 0.717) is 16.7 Å². The van der Waals surface area contributed by atoms with Gasteiger partial charge in [-0.1, -0.05) is 6.07 Å². The molecule has 0 spiro atoms. The van der Waals surface area contributed by atoms with Crippen LogP contribution < -0.4 is 0 Å². The Morgan fingerprint density at radius 2 is 2.05 bits per heavy atom. The fourth-order valence-corrected chi connectivity index (χ4v) is 1.77. The van der Waals surface area contributed by atoms with Crippen LogP contribution in [0.3, 0.4) is 0 Å². The van der Waals surface area contributed by atoms with E-state index < -0.39 is 10.7 Å². The highest BCUT2D eigenvalue weighted by molar-refractivity contribution is 5.78. The second-order valence-corrected chi connectivity index (χ2v) is 3.94. The first-order valence-electron chi connectivity index (χ1n) is 5.44. The molecule has 3 rings (SSSR count). The number of rotatable bonds is 2. The molecule has 0 radical (unpaired) electrons. The first-order valence-corrected chi connectivity index (χ1v) is 5.44. The molecule has 5 nitrogen and oxygen atoms in total. The summed E-state index contributed by atoms with van der Waals surface area (Å²) >= 11 is 0. The molecule has 0 aliphatic rings. The van der Waals surface area contributed by atoms with E-state index in [2.05, 4.69) is 4.98 Å². The molecule has 0 saturated carbocycles. The summed E-state index contributed by atoms with van der Waals surface area (Å²) in [6.07, 6.45) is 0. The highest BCUT2D eigenvalue weighted by Gasteiger charge is 2.13. The van der Waals surface area contributed by atoms with Crippen molar-refractivity contribution in [2.24, 2.45) is 0 Å². The van der Waals surface area contributed by atoms with Crippen LogP contribution >= 0.6 is 0 Å². The van der Waals surface area contributed by atoms with E-state index in [1.807, 2.05) is 0 Å². The van der Waals surface area contributed by atoms with Gasteiger partial charge in [-0.2, -0.15) is 0 Å². The van der Waals surface area contributed by atoms with Gasteiger partial charge in [0.1, 0.15) is 11.3 Å². The lowest BCUT2D eigenvalue weighted by Gasteiger charge is -1.93. The summed E-state index contributed by atoms with van der Waals surface area (Å²) in [5.74, 6) is -0.166. The zero-order valence-electron chi connectivity index (χ0n) is 9.54. The maximum absolute atomic E-state index is 13.1. The van der Waals surface area contributed by atoms with Crippen molar-refractivity contribution >= 4 is 16.8 Å². The summed E-state index contributed by atoms with van der Waals surface area (Å²) in [5, 5.41) is 10.7. The minimum absolute atomic E-state index is 0.0746. The topological polar surface area (TPSA) is 69.2 Å². The van der Waals surface area contributed by atoms with Gasteiger partial charge in [0.25, 0.3) is 5.69 Å². The van der Waals surface area contributed by atoms with Gasteiger partial charge in [-0.25, -0.2) is 9.37 Å². The Hall–Kier alpha value is -2.76. The zero-order valence-corrected chi connectivity index (χ0v) is 9.54. The number of fused-ring (bicyclic) bond motifs is 1. The number of hydrogen-bond acceptors (Lipinski definition) is 4. The predicted molar refractivity (Wildman–Crippen MR) is 66.1 cm³/mol. The fourth-order valence-electron chi connectivity index (χ4n) is 1.77. The second kappa shape index (κ2) is 4.16. The summed E-state index contributed by atoms with van der Waals surface area (Å²) in [6.45, 7) is 0. The quantitative estimate of drug-likeness (QED) is 0.520.